The molecule has 0 spiro atoms. The normalized spacial score (nSPS) is 13.5. The van der Waals surface area contributed by atoms with Crippen LogP contribution in [0.1, 0.15) is 24.4 Å². The van der Waals surface area contributed by atoms with Gasteiger partial charge in [0.05, 0.1) is 11.4 Å². The van der Waals surface area contributed by atoms with E-state index in [0.717, 1.165) is 34.8 Å². The Morgan fingerprint density at radius 3 is 2.70 bits per heavy atom. The van der Waals surface area contributed by atoms with Gasteiger partial charge in [-0.05, 0) is 43.3 Å². The molecule has 7 nitrogen and oxygen atoms in total. The van der Waals surface area contributed by atoms with Crippen molar-refractivity contribution < 1.29 is 4.79 Å². The number of aryl methyl sites for hydroxylation is 1. The number of hydrogen-bond acceptors (Lipinski definition) is 4. The van der Waals surface area contributed by atoms with Crippen LogP contribution in [0.4, 0.5) is 10.5 Å². The molecule has 0 atom stereocenters. The average molecular weight is 383 g/mol. The molecule has 2 N–H and O–H groups in total. The Morgan fingerprint density at radius 2 is 2.04 bits per heavy atom. The lowest BCUT2D eigenvalue weighted by atomic mass is 10.2. The Bertz CT molecular complexity index is 984. The van der Waals surface area contributed by atoms with Gasteiger partial charge in [-0.1, -0.05) is 23.8 Å². The molecule has 1 aromatic carbocycles. The molecule has 1 saturated carbocycles. The van der Waals surface area contributed by atoms with Crippen molar-refractivity contribution in [1.82, 2.24) is 19.7 Å². The molecule has 1 aliphatic rings. The molecule has 27 heavy (non-hydrogen) atoms. The van der Waals surface area contributed by atoms with E-state index in [-0.39, 0.29) is 17.8 Å². The van der Waals surface area contributed by atoms with E-state index in [1.807, 2.05) is 48.7 Å². The van der Waals surface area contributed by atoms with Crippen LogP contribution in [0.25, 0.3) is 10.7 Å². The molecule has 2 aromatic heterocycles. The molecule has 8 heteroatoms. The number of nitrogens with one attached hydrogen (secondary N) is 2. The lowest BCUT2D eigenvalue weighted by molar-refractivity contribution is 0.251. The number of carbonyl (C=O) groups excluding carboxylic acids is 1. The minimum absolute atomic E-state index is 0.110. The van der Waals surface area contributed by atoms with Gasteiger partial charge < -0.3 is 10.6 Å². The molecule has 0 saturated heterocycles. The lowest BCUT2D eigenvalue weighted by Gasteiger charge is -2.07. The summed E-state index contributed by atoms with van der Waals surface area (Å²) in [5.74, 6) is 0.724. The third kappa shape index (κ3) is 3.95. The molecule has 0 aliphatic heterocycles. The third-order valence-electron chi connectivity index (χ3n) is 4.44. The van der Waals surface area contributed by atoms with Crippen LogP contribution >= 0.6 is 11.3 Å². The zero-order chi connectivity index (χ0) is 18.8. The SMILES string of the molecule is Cc1ccc(NC(=O)NCCn2nc(-c3cccs3)n(C3CC3)c2=O)cc1. The monoisotopic (exact) mass is 383 g/mol. The number of aromatic nitrogens is 3. The Kier molecular flexibility index (Phi) is 4.81. The molecule has 140 valence electrons. The molecule has 2 amide bonds. The van der Waals surface area contributed by atoms with E-state index in [0.29, 0.717) is 13.1 Å². The summed E-state index contributed by atoms with van der Waals surface area (Å²) in [6.07, 6.45) is 2.03. The molecule has 2 heterocycles. The number of benzene rings is 1. The van der Waals surface area contributed by atoms with Crippen LogP contribution in [0.2, 0.25) is 0 Å². The molecule has 0 unspecified atom stereocenters. The van der Waals surface area contributed by atoms with E-state index in [1.165, 1.54) is 4.68 Å². The van der Waals surface area contributed by atoms with Crippen LogP contribution in [0.15, 0.2) is 46.6 Å². The van der Waals surface area contributed by atoms with E-state index in [2.05, 4.69) is 15.7 Å². The Labute approximate surface area is 160 Å². The Balaban J connectivity index is 1.40. The van der Waals surface area contributed by atoms with Gasteiger partial charge in [-0.15, -0.1) is 16.4 Å². The number of rotatable bonds is 6. The van der Waals surface area contributed by atoms with Crippen LogP contribution in [0.5, 0.6) is 0 Å². The number of urea groups is 1. The smallest absolute Gasteiger partial charge is 0.336 e. The maximum Gasteiger partial charge on any atom is 0.346 e. The first-order chi connectivity index (χ1) is 13.1. The van der Waals surface area contributed by atoms with E-state index in [1.54, 1.807) is 15.9 Å². The number of thiophene rings is 1. The lowest BCUT2D eigenvalue weighted by Crippen LogP contribution is -2.34. The minimum atomic E-state index is -0.299. The number of anilines is 1. The molecular formula is C19H21N5O2S. The molecule has 1 aliphatic carbocycles. The first kappa shape index (κ1) is 17.5. The van der Waals surface area contributed by atoms with Crippen molar-refractivity contribution in [2.24, 2.45) is 0 Å². The summed E-state index contributed by atoms with van der Waals surface area (Å²) in [5, 5.41) is 12.0. The highest BCUT2D eigenvalue weighted by molar-refractivity contribution is 7.13. The van der Waals surface area contributed by atoms with Crippen molar-refractivity contribution in [3.8, 4) is 10.7 Å². The molecule has 1 fully saturated rings. The highest BCUT2D eigenvalue weighted by Crippen LogP contribution is 2.37. The average Bonchev–Trinajstić information content (AvgIpc) is 3.22. The van der Waals surface area contributed by atoms with Gasteiger partial charge in [-0.2, -0.15) is 0 Å². The predicted molar refractivity (Wildman–Crippen MR) is 106 cm³/mol. The molecule has 0 bridgehead atoms. The maximum absolute atomic E-state index is 12.7. The van der Waals surface area contributed by atoms with Gasteiger partial charge in [0.2, 0.25) is 0 Å². The van der Waals surface area contributed by atoms with Crippen LogP contribution in [-0.4, -0.2) is 26.9 Å². The number of amides is 2. The Hall–Kier alpha value is -2.87. The molecule has 4 rings (SSSR count). The fourth-order valence-corrected chi connectivity index (χ4v) is 3.59. The summed E-state index contributed by atoms with van der Waals surface area (Å²) < 4.78 is 3.23. The van der Waals surface area contributed by atoms with Crippen LogP contribution in [-0.2, 0) is 6.54 Å². The zero-order valence-corrected chi connectivity index (χ0v) is 15.8. The zero-order valence-electron chi connectivity index (χ0n) is 15.0. The summed E-state index contributed by atoms with van der Waals surface area (Å²) in [6.45, 7) is 2.65. The van der Waals surface area contributed by atoms with E-state index in [9.17, 15) is 9.59 Å². The summed E-state index contributed by atoms with van der Waals surface area (Å²) >= 11 is 1.57. The van der Waals surface area contributed by atoms with Crippen molar-refractivity contribution in [3.63, 3.8) is 0 Å². The van der Waals surface area contributed by atoms with Crippen molar-refractivity contribution in [2.75, 3.05) is 11.9 Å². The number of hydrogen-bond donors (Lipinski definition) is 2. The quantitative estimate of drug-likeness (QED) is 0.686. The topological polar surface area (TPSA) is 81.0 Å². The van der Waals surface area contributed by atoms with E-state index >= 15 is 0 Å². The third-order valence-corrected chi connectivity index (χ3v) is 5.31. The van der Waals surface area contributed by atoms with Crippen molar-refractivity contribution in [1.29, 1.82) is 0 Å². The standard InChI is InChI=1S/C19H21N5O2S/c1-13-4-6-14(7-5-13)21-18(25)20-10-11-23-19(26)24(15-8-9-15)17(22-23)16-3-2-12-27-16/h2-7,12,15H,8-11H2,1H3,(H2,20,21,25). The number of nitrogens with zero attached hydrogens (tertiary/aromatic N) is 3. The molecular weight excluding hydrogens is 362 g/mol. The van der Waals surface area contributed by atoms with Crippen LogP contribution in [0.3, 0.4) is 0 Å². The minimum Gasteiger partial charge on any atom is -0.336 e. The second-order valence-corrected chi connectivity index (χ2v) is 7.60. The maximum atomic E-state index is 12.7. The van der Waals surface area contributed by atoms with E-state index < -0.39 is 0 Å². The van der Waals surface area contributed by atoms with Gasteiger partial charge in [0.15, 0.2) is 5.82 Å². The number of carbonyl (C=O) groups is 1. The Morgan fingerprint density at radius 1 is 1.26 bits per heavy atom. The van der Waals surface area contributed by atoms with Gasteiger partial charge in [-0.25, -0.2) is 14.3 Å². The van der Waals surface area contributed by atoms with Crippen LogP contribution in [0, 0.1) is 6.92 Å². The first-order valence-corrected chi connectivity index (χ1v) is 9.84. The van der Waals surface area contributed by atoms with Gasteiger partial charge >= 0.3 is 11.7 Å². The highest BCUT2D eigenvalue weighted by Gasteiger charge is 2.30. The molecule has 0 radical (unpaired) electrons. The molecule has 3 aromatic rings. The van der Waals surface area contributed by atoms with Gasteiger partial charge in [0.25, 0.3) is 0 Å². The fourth-order valence-electron chi connectivity index (χ4n) is 2.89. The predicted octanol–water partition coefficient (Wildman–Crippen LogP) is 3.24. The largest absolute Gasteiger partial charge is 0.346 e. The van der Waals surface area contributed by atoms with Crippen molar-refractivity contribution >= 4 is 23.1 Å². The van der Waals surface area contributed by atoms with Crippen molar-refractivity contribution in [2.45, 2.75) is 32.4 Å². The van der Waals surface area contributed by atoms with E-state index in [4.69, 9.17) is 0 Å². The van der Waals surface area contributed by atoms with Gasteiger partial charge in [0, 0.05) is 18.3 Å². The second-order valence-electron chi connectivity index (χ2n) is 6.65. The van der Waals surface area contributed by atoms with Crippen molar-refractivity contribution in [3.05, 3.63) is 57.8 Å². The summed E-state index contributed by atoms with van der Waals surface area (Å²) in [4.78, 5) is 25.7. The summed E-state index contributed by atoms with van der Waals surface area (Å²) in [6, 6.07) is 11.5. The van der Waals surface area contributed by atoms with Gasteiger partial charge in [0.1, 0.15) is 0 Å². The second kappa shape index (κ2) is 7.40. The summed E-state index contributed by atoms with van der Waals surface area (Å²) in [5.41, 5.74) is 1.75. The summed E-state index contributed by atoms with van der Waals surface area (Å²) in [7, 11) is 0. The van der Waals surface area contributed by atoms with Crippen LogP contribution < -0.4 is 16.3 Å². The van der Waals surface area contributed by atoms with Gasteiger partial charge in [-0.3, -0.25) is 4.57 Å². The first-order valence-electron chi connectivity index (χ1n) is 8.96. The highest BCUT2D eigenvalue weighted by atomic mass is 32.1. The fraction of sp³-hybridized carbons (Fsp3) is 0.316.